The van der Waals surface area contributed by atoms with Crippen molar-refractivity contribution in [2.24, 2.45) is 0 Å². The number of esters is 1. The monoisotopic (exact) mass is 278 g/mol. The van der Waals surface area contributed by atoms with Crippen LogP contribution in [0.3, 0.4) is 0 Å². The van der Waals surface area contributed by atoms with Gasteiger partial charge in [-0.2, -0.15) is 0 Å². The summed E-state index contributed by atoms with van der Waals surface area (Å²) in [7, 11) is 1.72. The lowest BCUT2D eigenvalue weighted by Gasteiger charge is -2.41. The van der Waals surface area contributed by atoms with E-state index in [0.717, 1.165) is 12.8 Å². The highest BCUT2D eigenvalue weighted by Gasteiger charge is 2.37. The minimum atomic E-state index is -0.359. The van der Waals surface area contributed by atoms with Gasteiger partial charge in [-0.05, 0) is 38.3 Å². The van der Waals surface area contributed by atoms with Crippen LogP contribution in [-0.2, 0) is 9.47 Å². The van der Waals surface area contributed by atoms with Crippen molar-refractivity contribution in [2.75, 3.05) is 31.3 Å². The van der Waals surface area contributed by atoms with Crippen LogP contribution in [0.2, 0.25) is 0 Å². The van der Waals surface area contributed by atoms with Gasteiger partial charge in [0.2, 0.25) is 0 Å². The van der Waals surface area contributed by atoms with Gasteiger partial charge < -0.3 is 20.5 Å². The first-order valence-electron chi connectivity index (χ1n) is 6.96. The van der Waals surface area contributed by atoms with E-state index in [1.54, 1.807) is 32.2 Å². The van der Waals surface area contributed by atoms with Crippen LogP contribution < -0.4 is 11.1 Å². The van der Waals surface area contributed by atoms with E-state index in [-0.39, 0.29) is 11.6 Å². The average molecular weight is 278 g/mol. The molecule has 1 saturated carbocycles. The zero-order valence-corrected chi connectivity index (χ0v) is 12.1. The van der Waals surface area contributed by atoms with Crippen LogP contribution in [0.5, 0.6) is 0 Å². The number of carbonyl (C=O) groups is 1. The van der Waals surface area contributed by atoms with Crippen LogP contribution in [0, 0.1) is 0 Å². The van der Waals surface area contributed by atoms with Gasteiger partial charge in [0.25, 0.3) is 0 Å². The predicted molar refractivity (Wildman–Crippen MR) is 78.9 cm³/mol. The van der Waals surface area contributed by atoms with Gasteiger partial charge in [0.05, 0.1) is 29.1 Å². The Morgan fingerprint density at radius 2 is 2.20 bits per heavy atom. The van der Waals surface area contributed by atoms with Crippen molar-refractivity contribution >= 4 is 17.3 Å². The highest BCUT2D eigenvalue weighted by Crippen LogP contribution is 2.36. The number of methoxy groups -OCH3 is 1. The third-order valence-electron chi connectivity index (χ3n) is 3.88. The normalized spacial score (nSPS) is 16.3. The molecular weight excluding hydrogens is 256 g/mol. The van der Waals surface area contributed by atoms with Gasteiger partial charge in [-0.25, -0.2) is 4.79 Å². The SMILES string of the molecule is CCOC(=O)c1cccc(N)c1NCC1(OC)CCC1. The number of rotatable bonds is 6. The minimum Gasteiger partial charge on any atom is -0.462 e. The second kappa shape index (κ2) is 6.13. The number of nitrogens with two attached hydrogens (primary N) is 1. The Balaban J connectivity index is 2.15. The standard InChI is InChI=1S/C15H22N2O3/c1-3-20-14(18)11-6-4-7-12(16)13(11)17-10-15(19-2)8-5-9-15/h4,6-7,17H,3,5,8-10,16H2,1-2H3. The first-order valence-corrected chi connectivity index (χ1v) is 6.96. The van der Waals surface area contributed by atoms with Crippen LogP contribution in [0.4, 0.5) is 11.4 Å². The highest BCUT2D eigenvalue weighted by molar-refractivity contribution is 5.98. The summed E-state index contributed by atoms with van der Waals surface area (Å²) in [4.78, 5) is 11.9. The molecule has 1 aliphatic rings. The zero-order valence-electron chi connectivity index (χ0n) is 12.1. The van der Waals surface area contributed by atoms with Crippen LogP contribution in [0.1, 0.15) is 36.5 Å². The van der Waals surface area contributed by atoms with E-state index in [4.69, 9.17) is 15.2 Å². The number of hydrogen-bond acceptors (Lipinski definition) is 5. The number of nitrogen functional groups attached to an aromatic ring is 1. The number of anilines is 2. The van der Waals surface area contributed by atoms with Gasteiger partial charge in [-0.3, -0.25) is 0 Å². The molecule has 20 heavy (non-hydrogen) atoms. The molecule has 1 aromatic carbocycles. The average Bonchev–Trinajstić information content (AvgIpc) is 2.39. The van der Waals surface area contributed by atoms with E-state index in [9.17, 15) is 4.79 Å². The second-order valence-electron chi connectivity index (χ2n) is 5.08. The lowest BCUT2D eigenvalue weighted by atomic mass is 9.80. The number of hydrogen-bond donors (Lipinski definition) is 2. The first kappa shape index (κ1) is 14.7. The Labute approximate surface area is 119 Å². The van der Waals surface area contributed by atoms with Crippen molar-refractivity contribution in [1.82, 2.24) is 0 Å². The van der Waals surface area contributed by atoms with Gasteiger partial charge in [0.1, 0.15) is 0 Å². The maximum atomic E-state index is 11.9. The summed E-state index contributed by atoms with van der Waals surface area (Å²) in [5.41, 5.74) is 7.49. The van der Waals surface area contributed by atoms with Crippen molar-refractivity contribution in [3.05, 3.63) is 23.8 Å². The maximum Gasteiger partial charge on any atom is 0.340 e. The molecule has 0 radical (unpaired) electrons. The van der Waals surface area contributed by atoms with E-state index in [1.165, 1.54) is 6.42 Å². The summed E-state index contributed by atoms with van der Waals surface area (Å²) in [6.45, 7) is 2.77. The van der Waals surface area contributed by atoms with E-state index in [1.807, 2.05) is 0 Å². The fourth-order valence-corrected chi connectivity index (χ4v) is 2.42. The Morgan fingerprint density at radius 3 is 2.75 bits per heavy atom. The van der Waals surface area contributed by atoms with Crippen LogP contribution in [0.15, 0.2) is 18.2 Å². The molecule has 5 nitrogen and oxygen atoms in total. The van der Waals surface area contributed by atoms with Crippen LogP contribution >= 0.6 is 0 Å². The van der Waals surface area contributed by atoms with Crippen molar-refractivity contribution in [3.63, 3.8) is 0 Å². The van der Waals surface area contributed by atoms with Gasteiger partial charge in [-0.15, -0.1) is 0 Å². The van der Waals surface area contributed by atoms with Gasteiger partial charge >= 0.3 is 5.97 Å². The molecule has 0 amide bonds. The molecule has 1 aromatic rings. The number of benzene rings is 1. The summed E-state index contributed by atoms with van der Waals surface area (Å²) in [6.07, 6.45) is 3.22. The number of para-hydroxylation sites is 1. The van der Waals surface area contributed by atoms with Crippen molar-refractivity contribution < 1.29 is 14.3 Å². The van der Waals surface area contributed by atoms with E-state index in [2.05, 4.69) is 5.32 Å². The number of ether oxygens (including phenoxy) is 2. The summed E-state index contributed by atoms with van der Waals surface area (Å²) >= 11 is 0. The minimum absolute atomic E-state index is 0.131. The van der Waals surface area contributed by atoms with Crippen molar-refractivity contribution in [1.29, 1.82) is 0 Å². The Hall–Kier alpha value is -1.75. The molecular formula is C15H22N2O3. The second-order valence-corrected chi connectivity index (χ2v) is 5.08. The molecule has 2 rings (SSSR count). The molecule has 1 aliphatic carbocycles. The summed E-state index contributed by atoms with van der Waals surface area (Å²) in [5, 5.41) is 3.26. The molecule has 0 bridgehead atoms. The zero-order chi connectivity index (χ0) is 14.6. The number of nitrogens with one attached hydrogen (secondary N) is 1. The van der Waals surface area contributed by atoms with Crippen molar-refractivity contribution in [3.8, 4) is 0 Å². The van der Waals surface area contributed by atoms with Gasteiger partial charge in [-0.1, -0.05) is 6.07 Å². The predicted octanol–water partition coefficient (Wildman–Crippen LogP) is 2.43. The first-order chi connectivity index (χ1) is 9.62. The van der Waals surface area contributed by atoms with Gasteiger partial charge in [0, 0.05) is 13.7 Å². The number of carbonyl (C=O) groups excluding carboxylic acids is 1. The fourth-order valence-electron chi connectivity index (χ4n) is 2.42. The van der Waals surface area contributed by atoms with Crippen LogP contribution in [0.25, 0.3) is 0 Å². The topological polar surface area (TPSA) is 73.6 Å². The molecule has 0 atom stereocenters. The maximum absolute atomic E-state index is 11.9. The molecule has 0 spiro atoms. The Bertz CT molecular complexity index is 478. The molecule has 0 aliphatic heterocycles. The van der Waals surface area contributed by atoms with E-state index < -0.39 is 0 Å². The molecule has 3 N–H and O–H groups in total. The molecule has 1 fully saturated rings. The molecule has 0 saturated heterocycles. The van der Waals surface area contributed by atoms with Gasteiger partial charge in [0.15, 0.2) is 0 Å². The molecule has 110 valence electrons. The smallest absolute Gasteiger partial charge is 0.340 e. The molecule has 5 heteroatoms. The lowest BCUT2D eigenvalue weighted by molar-refractivity contribution is -0.0601. The van der Waals surface area contributed by atoms with Crippen LogP contribution in [-0.4, -0.2) is 31.8 Å². The Morgan fingerprint density at radius 1 is 1.45 bits per heavy atom. The molecule has 0 unspecified atom stereocenters. The van der Waals surface area contributed by atoms with E-state index >= 15 is 0 Å². The molecule has 0 aromatic heterocycles. The summed E-state index contributed by atoms with van der Waals surface area (Å²) in [5.74, 6) is -0.359. The quantitative estimate of drug-likeness (QED) is 0.617. The van der Waals surface area contributed by atoms with Crippen molar-refractivity contribution in [2.45, 2.75) is 31.8 Å². The third kappa shape index (κ3) is 2.88. The molecule has 0 heterocycles. The largest absolute Gasteiger partial charge is 0.462 e. The third-order valence-corrected chi connectivity index (χ3v) is 3.88. The highest BCUT2D eigenvalue weighted by atomic mass is 16.5. The fraction of sp³-hybridized carbons (Fsp3) is 0.533. The Kier molecular flexibility index (Phi) is 4.49. The van der Waals surface area contributed by atoms with E-state index in [0.29, 0.717) is 30.1 Å². The summed E-state index contributed by atoms with van der Waals surface area (Å²) in [6, 6.07) is 5.24. The lowest BCUT2D eigenvalue weighted by Crippen LogP contribution is -2.45. The summed E-state index contributed by atoms with van der Waals surface area (Å²) < 4.78 is 10.6.